The molecule has 1 saturated heterocycles. The Morgan fingerprint density at radius 2 is 1.72 bits per heavy atom. The molecule has 3 aromatic rings. The molecule has 0 spiro atoms. The molecular weight excluding hydrogens is 780 g/mol. The minimum absolute atomic E-state index is 0.0871. The van der Waals surface area contributed by atoms with Gasteiger partial charge < -0.3 is 20.1 Å². The molecule has 0 unspecified atom stereocenters. The first-order chi connectivity index (χ1) is 26.8. The molecule has 4 aliphatic rings. The molecule has 12 nitrogen and oxygen atoms in total. The standard InChI is InChI=1S/C39H41F5N4O8S/c1-37(13-14-37)57(54,55)47-36(53)38-18-21(38)7-5-3-2-4-6-8-28(45-33(51)32(50)39(42,43)44)35(52)48-20-24(17-30(48)31(49)19-38)56-34-26-12-10-22(40)15-27(26)25-11-9-23(41)16-29(25)46-34/h5,7,9-12,15-16,21,24,28,30,32,50H,2-4,6,8,13-14,17-20H2,1H3,(H,45,51)(H,47,53)/b7-5-/t21-,24-,28+,30+,32+,38-/m1/s1. The summed E-state index contributed by atoms with van der Waals surface area (Å²) in [6, 6.07) is 4.54. The van der Waals surface area contributed by atoms with Gasteiger partial charge in [0.25, 0.3) is 5.91 Å². The number of hydrogen-bond donors (Lipinski definition) is 3. The minimum Gasteiger partial charge on any atom is -0.472 e. The molecule has 2 aromatic carbocycles. The van der Waals surface area contributed by atoms with Gasteiger partial charge in [0.1, 0.15) is 23.8 Å². The second-order valence-corrected chi connectivity index (χ2v) is 18.0. The predicted molar refractivity (Wildman–Crippen MR) is 195 cm³/mol. The van der Waals surface area contributed by atoms with Gasteiger partial charge in [0.05, 0.1) is 28.3 Å². The number of ether oxygens (including phenoxy) is 1. The maximum absolute atomic E-state index is 14.5. The number of nitrogens with zero attached hydrogens (tertiary/aromatic N) is 2. The zero-order valence-corrected chi connectivity index (χ0v) is 31.6. The second-order valence-electron chi connectivity index (χ2n) is 15.8. The molecule has 57 heavy (non-hydrogen) atoms. The highest BCUT2D eigenvalue weighted by Gasteiger charge is 2.62. The summed E-state index contributed by atoms with van der Waals surface area (Å²) in [5, 5.41) is 12.8. The van der Waals surface area contributed by atoms with Gasteiger partial charge in [-0.3, -0.25) is 23.9 Å². The van der Waals surface area contributed by atoms with Crippen molar-refractivity contribution in [1.82, 2.24) is 19.9 Å². The Hall–Kier alpha value is -4.71. The number of allylic oxidation sites excluding steroid dienone is 2. The van der Waals surface area contributed by atoms with Crippen LogP contribution in [-0.2, 0) is 29.2 Å². The van der Waals surface area contributed by atoms with Crippen LogP contribution < -0.4 is 14.8 Å². The fourth-order valence-corrected chi connectivity index (χ4v) is 9.19. The lowest BCUT2D eigenvalue weighted by Gasteiger charge is -2.30. The van der Waals surface area contributed by atoms with Crippen LogP contribution in [0.4, 0.5) is 22.0 Å². The summed E-state index contributed by atoms with van der Waals surface area (Å²) >= 11 is 0. The Morgan fingerprint density at radius 1 is 1.02 bits per heavy atom. The van der Waals surface area contributed by atoms with E-state index in [1.807, 2.05) is 11.4 Å². The van der Waals surface area contributed by atoms with Crippen LogP contribution in [-0.4, -0.2) is 88.7 Å². The van der Waals surface area contributed by atoms with Gasteiger partial charge in [-0.2, -0.15) is 13.2 Å². The van der Waals surface area contributed by atoms with E-state index in [2.05, 4.69) is 9.71 Å². The number of halogens is 5. The monoisotopic (exact) mass is 820 g/mol. The molecule has 0 bridgehead atoms. The molecule has 3 N–H and O–H groups in total. The third-order valence-electron chi connectivity index (χ3n) is 11.7. The van der Waals surface area contributed by atoms with Crippen LogP contribution in [0.15, 0.2) is 48.6 Å². The largest absolute Gasteiger partial charge is 0.472 e. The number of nitrogens with one attached hydrogen (secondary N) is 2. The Kier molecular flexibility index (Phi) is 10.6. The number of carbonyl (C=O) groups is 4. The van der Waals surface area contributed by atoms with Crippen LogP contribution in [0, 0.1) is 23.0 Å². The Morgan fingerprint density at radius 3 is 2.42 bits per heavy atom. The number of carbonyl (C=O) groups excluding carboxylic acids is 4. The summed E-state index contributed by atoms with van der Waals surface area (Å²) < 4.78 is 102. The summed E-state index contributed by atoms with van der Waals surface area (Å²) in [6.45, 7) is 1.15. The van der Waals surface area contributed by atoms with E-state index in [-0.39, 0.29) is 43.6 Å². The molecule has 2 aliphatic carbocycles. The van der Waals surface area contributed by atoms with Crippen molar-refractivity contribution in [3.63, 3.8) is 0 Å². The van der Waals surface area contributed by atoms with Gasteiger partial charge >= 0.3 is 6.18 Å². The lowest BCUT2D eigenvalue weighted by Crippen LogP contribution is -2.55. The van der Waals surface area contributed by atoms with Gasteiger partial charge in [-0.1, -0.05) is 25.0 Å². The summed E-state index contributed by atoms with van der Waals surface area (Å²) in [5.74, 6) is -6.13. The van der Waals surface area contributed by atoms with Crippen LogP contribution in [0.3, 0.4) is 0 Å². The molecule has 3 fully saturated rings. The number of fused-ring (bicyclic) bond motifs is 5. The number of aliphatic hydroxyl groups is 1. The zero-order chi connectivity index (χ0) is 41.1. The van der Waals surface area contributed by atoms with Crippen LogP contribution >= 0.6 is 0 Å². The minimum atomic E-state index is -5.33. The molecule has 18 heteroatoms. The highest BCUT2D eigenvalue weighted by Crippen LogP contribution is 2.57. The van der Waals surface area contributed by atoms with E-state index < -0.39 is 98.1 Å². The lowest BCUT2D eigenvalue weighted by atomic mass is 9.91. The fourth-order valence-electron chi connectivity index (χ4n) is 7.86. The molecule has 2 saturated carbocycles. The van der Waals surface area contributed by atoms with Crippen LogP contribution in [0.1, 0.15) is 71.1 Å². The summed E-state index contributed by atoms with van der Waals surface area (Å²) in [6.07, 6.45) is -4.39. The summed E-state index contributed by atoms with van der Waals surface area (Å²) in [4.78, 5) is 60.8. The van der Waals surface area contributed by atoms with E-state index in [4.69, 9.17) is 4.74 Å². The molecule has 0 radical (unpaired) electrons. The van der Waals surface area contributed by atoms with Crippen molar-refractivity contribution in [2.45, 2.75) is 106 Å². The third-order valence-corrected chi connectivity index (χ3v) is 13.9. The smallest absolute Gasteiger partial charge is 0.423 e. The molecule has 3 amide bonds. The zero-order valence-electron chi connectivity index (χ0n) is 30.8. The molecule has 1 aromatic heterocycles. The van der Waals surface area contributed by atoms with E-state index in [1.54, 1.807) is 6.08 Å². The topological polar surface area (TPSA) is 172 Å². The van der Waals surface area contributed by atoms with Crippen molar-refractivity contribution in [2.75, 3.05) is 6.54 Å². The fraction of sp³-hybridized carbons (Fsp3) is 0.513. The number of pyridine rings is 1. The molecule has 2 aliphatic heterocycles. The summed E-state index contributed by atoms with van der Waals surface area (Å²) in [5.41, 5.74) is -1.36. The van der Waals surface area contributed by atoms with Crippen molar-refractivity contribution in [3.8, 4) is 5.88 Å². The third kappa shape index (κ3) is 8.07. The van der Waals surface area contributed by atoms with Crippen molar-refractivity contribution >= 4 is 55.2 Å². The average Bonchev–Trinajstić information content (AvgIpc) is 4.02. The highest BCUT2D eigenvalue weighted by atomic mass is 32.2. The van der Waals surface area contributed by atoms with Crippen molar-refractivity contribution in [3.05, 3.63) is 60.2 Å². The number of rotatable bonds is 7. The van der Waals surface area contributed by atoms with E-state index >= 15 is 0 Å². The number of hydrogen-bond acceptors (Lipinski definition) is 9. The summed E-state index contributed by atoms with van der Waals surface area (Å²) in [7, 11) is -4.09. The van der Waals surface area contributed by atoms with Gasteiger partial charge in [0, 0.05) is 29.7 Å². The van der Waals surface area contributed by atoms with Gasteiger partial charge in [-0.25, -0.2) is 22.2 Å². The van der Waals surface area contributed by atoms with E-state index in [1.165, 1.54) is 31.2 Å². The van der Waals surface area contributed by atoms with Gasteiger partial charge in [0.15, 0.2) is 5.78 Å². The highest BCUT2D eigenvalue weighted by molar-refractivity contribution is 7.91. The molecular formula is C39H41F5N4O8S. The van der Waals surface area contributed by atoms with Gasteiger partial charge in [0.2, 0.25) is 33.8 Å². The second kappa shape index (κ2) is 14.9. The maximum Gasteiger partial charge on any atom is 0.423 e. The number of Topliss-reactive ketones (excluding diaryl/α,β-unsaturated/α-hetero) is 1. The average molecular weight is 821 g/mol. The van der Waals surface area contributed by atoms with Crippen LogP contribution in [0.2, 0.25) is 0 Å². The number of ketones is 1. The van der Waals surface area contributed by atoms with Gasteiger partial charge in [-0.05, 0) is 87.1 Å². The Labute approximate surface area is 324 Å². The first-order valence-corrected chi connectivity index (χ1v) is 20.3. The molecule has 7 rings (SSSR count). The first kappa shape index (κ1) is 40.5. The number of amides is 3. The van der Waals surface area contributed by atoms with E-state index in [9.17, 15) is 54.7 Å². The number of aromatic nitrogens is 1. The predicted octanol–water partition coefficient (Wildman–Crippen LogP) is 4.91. The first-order valence-electron chi connectivity index (χ1n) is 18.8. The van der Waals surface area contributed by atoms with E-state index in [0.717, 1.165) is 17.0 Å². The number of sulfonamides is 1. The number of aliphatic hydroxyl groups excluding tert-OH is 1. The lowest BCUT2D eigenvalue weighted by molar-refractivity contribution is -0.205. The van der Waals surface area contributed by atoms with Crippen molar-refractivity contribution in [1.29, 1.82) is 0 Å². The van der Waals surface area contributed by atoms with Crippen LogP contribution in [0.5, 0.6) is 5.88 Å². The molecule has 3 heterocycles. The Balaban J connectivity index is 1.24. The molecule has 306 valence electrons. The number of alkyl halides is 3. The normalized spacial score (nSPS) is 27.7. The molecule has 6 atom stereocenters. The van der Waals surface area contributed by atoms with E-state index in [0.29, 0.717) is 48.3 Å². The Bertz CT molecular complexity index is 2280. The number of benzene rings is 2. The SMILES string of the molecule is CC1(S(=O)(=O)NC(=O)[C@]23CC(=O)[C@@H]4C[C@@H](Oc5nc6cc(F)ccc6c6cc(F)ccc56)CN4C(=O)[C@@H](NC(=O)[C@H](O)C(F)(F)F)CCCCC/C=C\[C@@H]2C3)CC1. The van der Waals surface area contributed by atoms with Crippen LogP contribution in [0.25, 0.3) is 21.7 Å². The van der Waals surface area contributed by atoms with Crippen molar-refractivity contribution in [2.24, 2.45) is 11.3 Å². The maximum atomic E-state index is 14.5. The van der Waals surface area contributed by atoms with Crippen molar-refractivity contribution < 1.29 is 59.4 Å². The van der Waals surface area contributed by atoms with Gasteiger partial charge in [-0.15, -0.1) is 0 Å². The quantitative estimate of drug-likeness (QED) is 0.170.